The molecule has 1 atom stereocenters. The first-order chi connectivity index (χ1) is 9.61. The van der Waals surface area contributed by atoms with Crippen LogP contribution in [0.25, 0.3) is 0 Å². The largest absolute Gasteiger partial charge is 0.382 e. The molecule has 20 heavy (non-hydrogen) atoms. The first-order valence-corrected chi connectivity index (χ1v) is 8.01. The van der Waals surface area contributed by atoms with Gasteiger partial charge in [-0.2, -0.15) is 0 Å². The average Bonchev–Trinajstić information content (AvgIpc) is 3.05. The molecule has 2 aromatic rings. The van der Waals surface area contributed by atoms with Crippen molar-refractivity contribution in [2.75, 3.05) is 17.6 Å². The van der Waals surface area contributed by atoms with Gasteiger partial charge in [-0.1, -0.05) is 18.3 Å². The molecule has 2 rings (SSSR count). The van der Waals surface area contributed by atoms with E-state index < -0.39 is 0 Å². The molecule has 1 unspecified atom stereocenters. The van der Waals surface area contributed by atoms with E-state index in [0.29, 0.717) is 10.0 Å². The number of carbonyl (C=O) groups is 1. The van der Waals surface area contributed by atoms with Gasteiger partial charge < -0.3 is 16.4 Å². The van der Waals surface area contributed by atoms with Gasteiger partial charge in [0.05, 0.1) is 6.04 Å². The summed E-state index contributed by atoms with van der Waals surface area (Å²) >= 11 is 2.78. The van der Waals surface area contributed by atoms with Crippen LogP contribution in [-0.4, -0.2) is 22.4 Å². The van der Waals surface area contributed by atoms with Crippen LogP contribution >= 0.6 is 22.7 Å². The summed E-state index contributed by atoms with van der Waals surface area (Å²) in [5.74, 6) is 0.0460. The Morgan fingerprint density at radius 1 is 1.55 bits per heavy atom. The second-order valence-electron chi connectivity index (χ2n) is 4.23. The number of nitrogens with one attached hydrogen (secondary N) is 2. The summed E-state index contributed by atoms with van der Waals surface area (Å²) in [5.41, 5.74) is 5.79. The minimum absolute atomic E-state index is 0.143. The third kappa shape index (κ3) is 3.45. The maximum atomic E-state index is 12.2. The minimum Gasteiger partial charge on any atom is -0.382 e. The fraction of sp³-hybridized carbons (Fsp3) is 0.417. The van der Waals surface area contributed by atoms with Gasteiger partial charge in [-0.05, 0) is 13.3 Å². The van der Waals surface area contributed by atoms with Crippen LogP contribution in [0, 0.1) is 0 Å². The summed E-state index contributed by atoms with van der Waals surface area (Å²) < 4.78 is 0. The van der Waals surface area contributed by atoms with E-state index in [1.165, 1.54) is 22.7 Å². The van der Waals surface area contributed by atoms with Crippen LogP contribution in [0.2, 0.25) is 0 Å². The fourth-order valence-corrected chi connectivity index (χ4v) is 3.03. The van der Waals surface area contributed by atoms with Crippen LogP contribution in [0.4, 0.5) is 10.9 Å². The van der Waals surface area contributed by atoms with E-state index in [2.05, 4.69) is 27.5 Å². The van der Waals surface area contributed by atoms with Gasteiger partial charge in [0.15, 0.2) is 5.13 Å². The highest BCUT2D eigenvalue weighted by molar-refractivity contribution is 7.18. The molecular formula is C12H17N5OS2. The first-order valence-electron chi connectivity index (χ1n) is 6.32. The van der Waals surface area contributed by atoms with E-state index in [0.717, 1.165) is 18.0 Å². The van der Waals surface area contributed by atoms with Crippen LogP contribution in [0.15, 0.2) is 11.6 Å². The number of nitrogens with zero attached hydrogens (tertiary/aromatic N) is 2. The van der Waals surface area contributed by atoms with Crippen molar-refractivity contribution in [1.82, 2.24) is 15.3 Å². The van der Waals surface area contributed by atoms with E-state index >= 15 is 0 Å². The lowest BCUT2D eigenvalue weighted by Crippen LogP contribution is -2.26. The Bertz CT molecular complexity index is 566. The molecule has 6 nitrogen and oxygen atoms in total. The smallest absolute Gasteiger partial charge is 0.265 e. The predicted molar refractivity (Wildman–Crippen MR) is 83.3 cm³/mol. The monoisotopic (exact) mass is 311 g/mol. The van der Waals surface area contributed by atoms with Crippen LogP contribution in [0.1, 0.15) is 41.0 Å². The molecule has 0 aliphatic carbocycles. The third-order valence-electron chi connectivity index (χ3n) is 2.56. The zero-order chi connectivity index (χ0) is 14.5. The van der Waals surface area contributed by atoms with E-state index in [9.17, 15) is 4.79 Å². The number of nitrogens with two attached hydrogens (primary N) is 1. The van der Waals surface area contributed by atoms with Crippen LogP contribution in [0.5, 0.6) is 0 Å². The van der Waals surface area contributed by atoms with Gasteiger partial charge in [0.25, 0.3) is 5.91 Å². The highest BCUT2D eigenvalue weighted by Gasteiger charge is 2.19. The number of hydrogen-bond acceptors (Lipinski definition) is 7. The molecule has 0 fully saturated rings. The third-order valence-corrected chi connectivity index (χ3v) is 4.54. The second-order valence-corrected chi connectivity index (χ2v) is 6.15. The van der Waals surface area contributed by atoms with Gasteiger partial charge in [-0.3, -0.25) is 4.79 Å². The molecule has 2 heterocycles. The highest BCUT2D eigenvalue weighted by atomic mass is 32.1. The van der Waals surface area contributed by atoms with E-state index in [1.54, 1.807) is 6.20 Å². The Kier molecular flexibility index (Phi) is 4.91. The number of nitrogen functional groups attached to an aromatic ring is 1. The van der Waals surface area contributed by atoms with E-state index in [1.807, 2.05) is 12.3 Å². The molecule has 0 radical (unpaired) electrons. The summed E-state index contributed by atoms with van der Waals surface area (Å²) in [6.45, 7) is 4.76. The Labute approximate surface area is 125 Å². The highest BCUT2D eigenvalue weighted by Crippen LogP contribution is 2.26. The van der Waals surface area contributed by atoms with Crippen molar-refractivity contribution < 1.29 is 4.79 Å². The lowest BCUT2D eigenvalue weighted by molar-refractivity contribution is 0.0944. The van der Waals surface area contributed by atoms with Crippen LogP contribution in [0.3, 0.4) is 0 Å². The number of carbonyl (C=O) groups excluding carboxylic acids is 1. The molecule has 0 saturated heterocycles. The van der Waals surface area contributed by atoms with Crippen molar-refractivity contribution in [3.8, 4) is 0 Å². The van der Waals surface area contributed by atoms with Crippen molar-refractivity contribution in [2.45, 2.75) is 26.3 Å². The number of amides is 1. The molecule has 1 amide bonds. The molecule has 0 aliphatic rings. The lowest BCUT2D eigenvalue weighted by Gasteiger charge is -2.09. The van der Waals surface area contributed by atoms with Crippen molar-refractivity contribution >= 4 is 39.5 Å². The number of aromatic nitrogens is 2. The molecule has 2 aromatic heterocycles. The van der Waals surface area contributed by atoms with Crippen molar-refractivity contribution in [1.29, 1.82) is 0 Å². The molecule has 0 bridgehead atoms. The van der Waals surface area contributed by atoms with Crippen molar-refractivity contribution in [3.63, 3.8) is 0 Å². The number of rotatable bonds is 6. The molecule has 0 aromatic carbocycles. The SMILES string of the molecule is CCCNc1nc(N)c(C(=O)NC(C)c2nccs2)s1. The summed E-state index contributed by atoms with van der Waals surface area (Å²) in [4.78, 5) is 21.0. The summed E-state index contributed by atoms with van der Waals surface area (Å²) in [6, 6.07) is -0.143. The molecule has 0 saturated carbocycles. The Morgan fingerprint density at radius 2 is 2.35 bits per heavy atom. The van der Waals surface area contributed by atoms with Crippen molar-refractivity contribution in [2.24, 2.45) is 0 Å². The quantitative estimate of drug-likeness (QED) is 0.762. The maximum Gasteiger partial charge on any atom is 0.265 e. The standard InChI is InChI=1S/C12H17N5OS2/c1-3-4-15-12-17-9(13)8(20-12)10(18)16-7(2)11-14-5-6-19-11/h5-7H,3-4,13H2,1-2H3,(H,15,17)(H,16,18). The predicted octanol–water partition coefficient (Wildman–Crippen LogP) is 2.49. The molecule has 8 heteroatoms. The van der Waals surface area contributed by atoms with Gasteiger partial charge >= 0.3 is 0 Å². The maximum absolute atomic E-state index is 12.2. The second kappa shape index (κ2) is 6.67. The topological polar surface area (TPSA) is 92.9 Å². The summed E-state index contributed by atoms with van der Waals surface area (Å²) in [5, 5.41) is 9.43. The minimum atomic E-state index is -0.216. The number of hydrogen-bond donors (Lipinski definition) is 3. The molecule has 0 spiro atoms. The van der Waals surface area contributed by atoms with Gasteiger partial charge in [0.2, 0.25) is 0 Å². The van der Waals surface area contributed by atoms with E-state index in [4.69, 9.17) is 5.73 Å². The van der Waals surface area contributed by atoms with Crippen LogP contribution < -0.4 is 16.4 Å². The molecule has 0 aliphatic heterocycles. The number of thiazole rings is 2. The van der Waals surface area contributed by atoms with Gasteiger partial charge in [-0.25, -0.2) is 9.97 Å². The van der Waals surface area contributed by atoms with Gasteiger partial charge in [-0.15, -0.1) is 11.3 Å². The summed E-state index contributed by atoms with van der Waals surface area (Å²) in [6.07, 6.45) is 2.71. The fourth-order valence-electron chi connectivity index (χ4n) is 1.57. The van der Waals surface area contributed by atoms with E-state index in [-0.39, 0.29) is 17.8 Å². The number of anilines is 2. The summed E-state index contributed by atoms with van der Waals surface area (Å²) in [7, 11) is 0. The molecule has 108 valence electrons. The van der Waals surface area contributed by atoms with Gasteiger partial charge in [0.1, 0.15) is 15.7 Å². The normalized spacial score (nSPS) is 12.1. The Hall–Kier alpha value is -1.67. The Balaban J connectivity index is 2.03. The van der Waals surface area contributed by atoms with Gasteiger partial charge in [0, 0.05) is 18.1 Å². The molecule has 4 N–H and O–H groups in total. The zero-order valence-electron chi connectivity index (χ0n) is 11.3. The molecular weight excluding hydrogens is 294 g/mol. The average molecular weight is 311 g/mol. The Morgan fingerprint density at radius 3 is 3.00 bits per heavy atom. The van der Waals surface area contributed by atoms with Crippen LogP contribution in [-0.2, 0) is 0 Å². The zero-order valence-corrected chi connectivity index (χ0v) is 13.0. The first kappa shape index (κ1) is 14.7. The lowest BCUT2D eigenvalue weighted by atomic mass is 10.3. The van der Waals surface area contributed by atoms with Crippen molar-refractivity contribution in [3.05, 3.63) is 21.5 Å².